The van der Waals surface area contributed by atoms with Crippen LogP contribution in [0.5, 0.6) is 0 Å². The van der Waals surface area contributed by atoms with E-state index in [1.54, 1.807) is 7.11 Å². The van der Waals surface area contributed by atoms with Crippen molar-refractivity contribution in [1.29, 1.82) is 0 Å². The Hall–Kier alpha value is -1.03. The molecular weight excluding hydrogens is 218 g/mol. The van der Waals surface area contributed by atoms with Gasteiger partial charge in [0.1, 0.15) is 5.76 Å². The molecule has 1 atom stereocenters. The summed E-state index contributed by atoms with van der Waals surface area (Å²) in [6.07, 6.45) is 3.59. The number of likely N-dealkylation sites (tertiary alicyclic amines) is 1. The monoisotopic (exact) mass is 241 g/mol. The first-order chi connectivity index (χ1) is 8.20. The van der Waals surface area contributed by atoms with Gasteiger partial charge in [0.25, 0.3) is 0 Å². The van der Waals surface area contributed by atoms with E-state index in [1.165, 1.54) is 0 Å². The standard InChI is InChI=1S/C13H23NO3/c1-4-17-11(2)12-7-5-6-9-14(12)13(15)8-10-16-3/h12H,2,4-10H2,1,3H3. The third-order valence-corrected chi connectivity index (χ3v) is 3.04. The van der Waals surface area contributed by atoms with Crippen LogP contribution in [0.25, 0.3) is 0 Å². The predicted molar refractivity (Wildman–Crippen MR) is 66.6 cm³/mol. The molecule has 0 spiro atoms. The second-order valence-corrected chi connectivity index (χ2v) is 4.24. The van der Waals surface area contributed by atoms with Gasteiger partial charge in [-0.25, -0.2) is 0 Å². The van der Waals surface area contributed by atoms with Crippen molar-refractivity contribution in [2.24, 2.45) is 0 Å². The average Bonchev–Trinajstić information content (AvgIpc) is 2.36. The molecular formula is C13H23NO3. The highest BCUT2D eigenvalue weighted by Gasteiger charge is 2.29. The summed E-state index contributed by atoms with van der Waals surface area (Å²) in [6.45, 7) is 7.76. The summed E-state index contributed by atoms with van der Waals surface area (Å²) in [5.41, 5.74) is 0. The second-order valence-electron chi connectivity index (χ2n) is 4.24. The van der Waals surface area contributed by atoms with Crippen molar-refractivity contribution in [2.45, 2.75) is 38.6 Å². The first-order valence-electron chi connectivity index (χ1n) is 6.30. The third kappa shape index (κ3) is 4.04. The summed E-state index contributed by atoms with van der Waals surface area (Å²) < 4.78 is 10.4. The van der Waals surface area contributed by atoms with Gasteiger partial charge >= 0.3 is 0 Å². The second kappa shape index (κ2) is 7.33. The Morgan fingerprint density at radius 3 is 2.88 bits per heavy atom. The maximum atomic E-state index is 12.0. The Morgan fingerprint density at radius 1 is 1.47 bits per heavy atom. The van der Waals surface area contributed by atoms with E-state index < -0.39 is 0 Å². The lowest BCUT2D eigenvalue weighted by atomic mass is 10.0. The van der Waals surface area contributed by atoms with Crippen molar-refractivity contribution in [3.8, 4) is 0 Å². The predicted octanol–water partition coefficient (Wildman–Crippen LogP) is 1.95. The number of rotatable bonds is 6. The van der Waals surface area contributed by atoms with Crippen LogP contribution in [0.1, 0.15) is 32.6 Å². The van der Waals surface area contributed by atoms with Gasteiger partial charge in [0.15, 0.2) is 0 Å². The maximum absolute atomic E-state index is 12.0. The molecule has 0 aliphatic carbocycles. The molecule has 0 N–H and O–H groups in total. The van der Waals surface area contributed by atoms with E-state index in [0.29, 0.717) is 19.6 Å². The smallest absolute Gasteiger partial charge is 0.225 e. The Bertz CT molecular complexity index is 265. The first kappa shape index (κ1) is 14.0. The van der Waals surface area contributed by atoms with Crippen LogP contribution in [0, 0.1) is 0 Å². The van der Waals surface area contributed by atoms with Gasteiger partial charge < -0.3 is 14.4 Å². The normalized spacial score (nSPS) is 20.1. The maximum Gasteiger partial charge on any atom is 0.225 e. The van der Waals surface area contributed by atoms with E-state index in [0.717, 1.165) is 31.6 Å². The molecule has 1 aliphatic heterocycles. The van der Waals surface area contributed by atoms with Gasteiger partial charge in [-0.15, -0.1) is 0 Å². The zero-order valence-electron chi connectivity index (χ0n) is 10.9. The van der Waals surface area contributed by atoms with Crippen molar-refractivity contribution in [1.82, 2.24) is 4.90 Å². The van der Waals surface area contributed by atoms with Crippen LogP contribution in [0.2, 0.25) is 0 Å². The highest BCUT2D eigenvalue weighted by Crippen LogP contribution is 2.23. The van der Waals surface area contributed by atoms with Gasteiger partial charge in [-0.05, 0) is 26.2 Å². The summed E-state index contributed by atoms with van der Waals surface area (Å²) in [6, 6.07) is 0.0491. The fourth-order valence-corrected chi connectivity index (χ4v) is 2.18. The Balaban J connectivity index is 2.58. The summed E-state index contributed by atoms with van der Waals surface area (Å²) in [5.74, 6) is 0.857. The highest BCUT2D eigenvalue weighted by atomic mass is 16.5. The molecule has 1 fully saturated rings. The zero-order valence-corrected chi connectivity index (χ0v) is 10.9. The molecule has 98 valence electrons. The number of nitrogens with zero attached hydrogens (tertiary/aromatic N) is 1. The minimum absolute atomic E-state index is 0.0491. The van der Waals surface area contributed by atoms with Crippen molar-refractivity contribution < 1.29 is 14.3 Å². The molecule has 17 heavy (non-hydrogen) atoms. The highest BCUT2D eigenvalue weighted by molar-refractivity contribution is 5.77. The molecule has 1 saturated heterocycles. The molecule has 0 aromatic rings. The first-order valence-corrected chi connectivity index (χ1v) is 6.30. The molecule has 4 heteroatoms. The quantitative estimate of drug-likeness (QED) is 0.667. The van der Waals surface area contributed by atoms with Crippen LogP contribution in [0.15, 0.2) is 12.3 Å². The van der Waals surface area contributed by atoms with Crippen LogP contribution in [-0.2, 0) is 14.3 Å². The van der Waals surface area contributed by atoms with Crippen molar-refractivity contribution in [3.05, 3.63) is 12.3 Å². The number of carbonyl (C=O) groups excluding carboxylic acids is 1. The van der Waals surface area contributed by atoms with Crippen LogP contribution < -0.4 is 0 Å². The lowest BCUT2D eigenvalue weighted by Gasteiger charge is -2.36. The number of ether oxygens (including phenoxy) is 2. The molecule has 1 unspecified atom stereocenters. The van der Waals surface area contributed by atoms with E-state index in [9.17, 15) is 4.79 Å². The summed E-state index contributed by atoms with van der Waals surface area (Å²) in [7, 11) is 1.61. The molecule has 1 amide bonds. The van der Waals surface area contributed by atoms with Gasteiger partial charge in [0.05, 0.1) is 25.7 Å². The van der Waals surface area contributed by atoms with Gasteiger partial charge in [0, 0.05) is 13.7 Å². The Morgan fingerprint density at radius 2 is 2.24 bits per heavy atom. The molecule has 0 aromatic heterocycles. The molecule has 1 rings (SSSR count). The van der Waals surface area contributed by atoms with Crippen molar-refractivity contribution in [2.75, 3.05) is 26.9 Å². The largest absolute Gasteiger partial charge is 0.497 e. The van der Waals surface area contributed by atoms with Crippen molar-refractivity contribution >= 4 is 5.91 Å². The van der Waals surface area contributed by atoms with E-state index in [2.05, 4.69) is 6.58 Å². The van der Waals surface area contributed by atoms with Gasteiger partial charge in [-0.3, -0.25) is 4.79 Å². The number of methoxy groups -OCH3 is 1. The lowest BCUT2D eigenvalue weighted by Crippen LogP contribution is -2.45. The zero-order chi connectivity index (χ0) is 12.7. The molecule has 4 nitrogen and oxygen atoms in total. The van der Waals surface area contributed by atoms with E-state index in [1.807, 2.05) is 11.8 Å². The molecule has 0 aromatic carbocycles. The van der Waals surface area contributed by atoms with Crippen LogP contribution >= 0.6 is 0 Å². The minimum Gasteiger partial charge on any atom is -0.497 e. The van der Waals surface area contributed by atoms with Crippen LogP contribution in [0.4, 0.5) is 0 Å². The molecule has 0 saturated carbocycles. The number of hydrogen-bond acceptors (Lipinski definition) is 3. The molecule has 1 heterocycles. The summed E-state index contributed by atoms with van der Waals surface area (Å²) >= 11 is 0. The number of piperidine rings is 1. The topological polar surface area (TPSA) is 38.8 Å². The summed E-state index contributed by atoms with van der Waals surface area (Å²) in [4.78, 5) is 13.9. The van der Waals surface area contributed by atoms with Crippen LogP contribution in [0.3, 0.4) is 0 Å². The van der Waals surface area contributed by atoms with Gasteiger partial charge in [-0.2, -0.15) is 0 Å². The summed E-state index contributed by atoms with van der Waals surface area (Å²) in [5, 5.41) is 0. The fraction of sp³-hybridized carbons (Fsp3) is 0.769. The Kier molecular flexibility index (Phi) is 6.05. The fourth-order valence-electron chi connectivity index (χ4n) is 2.18. The van der Waals surface area contributed by atoms with Crippen molar-refractivity contribution in [3.63, 3.8) is 0 Å². The lowest BCUT2D eigenvalue weighted by molar-refractivity contribution is -0.135. The third-order valence-electron chi connectivity index (χ3n) is 3.04. The Labute approximate surface area is 104 Å². The molecule has 0 radical (unpaired) electrons. The van der Waals surface area contributed by atoms with E-state index >= 15 is 0 Å². The SMILES string of the molecule is C=C(OCC)C1CCCCN1C(=O)CCOC. The molecule has 1 aliphatic rings. The van der Waals surface area contributed by atoms with Crippen LogP contribution in [-0.4, -0.2) is 43.7 Å². The number of hydrogen-bond donors (Lipinski definition) is 0. The van der Waals surface area contributed by atoms with Gasteiger partial charge in [-0.1, -0.05) is 6.58 Å². The molecule has 0 bridgehead atoms. The number of carbonyl (C=O) groups is 1. The average molecular weight is 241 g/mol. The number of amides is 1. The van der Waals surface area contributed by atoms with E-state index in [-0.39, 0.29) is 11.9 Å². The van der Waals surface area contributed by atoms with E-state index in [4.69, 9.17) is 9.47 Å². The van der Waals surface area contributed by atoms with Gasteiger partial charge in [0.2, 0.25) is 5.91 Å². The minimum atomic E-state index is 0.0491.